The first-order valence-electron chi connectivity index (χ1n) is 41.5. The normalized spacial score (nSPS) is 13.0. The predicted molar refractivity (Wildman–Crippen MR) is 514 cm³/mol. The summed E-state index contributed by atoms with van der Waals surface area (Å²) in [7, 11) is 0. The van der Waals surface area contributed by atoms with E-state index in [-0.39, 0.29) is 10.8 Å². The fourth-order valence-electron chi connectivity index (χ4n) is 19.6. The van der Waals surface area contributed by atoms with E-state index in [0.29, 0.717) is 0 Å². The van der Waals surface area contributed by atoms with Crippen molar-refractivity contribution in [3.05, 3.63) is 435 Å². The van der Waals surface area contributed by atoms with Crippen molar-refractivity contribution in [3.8, 4) is 78.1 Å². The first kappa shape index (κ1) is 71.0. The lowest BCUT2D eigenvalue weighted by molar-refractivity contribution is 0.660. The molecule has 0 bridgehead atoms. The topological polar surface area (TPSA) is 16.3 Å². The minimum Gasteiger partial charge on any atom is -0.310 e. The molecule has 22 aromatic rings. The van der Waals surface area contributed by atoms with Crippen molar-refractivity contribution in [3.63, 3.8) is 0 Å². The molecule has 120 heavy (non-hydrogen) atoms. The van der Waals surface area contributed by atoms with E-state index in [0.717, 1.165) is 34.1 Å². The highest BCUT2D eigenvalue weighted by atomic mass is 32.1. The van der Waals surface area contributed by atoms with E-state index >= 15 is 0 Å². The Morgan fingerprint density at radius 1 is 0.208 bits per heavy atom. The van der Waals surface area contributed by atoms with Gasteiger partial charge in [-0.15, -0.1) is 22.7 Å². The third kappa shape index (κ3) is 11.6. The number of hydrogen-bond acceptors (Lipinski definition) is 4. The van der Waals surface area contributed by atoms with Gasteiger partial charge in [-0.3, -0.25) is 0 Å². The van der Waals surface area contributed by atoms with Crippen LogP contribution in [0, 0.1) is 0 Å². The molecular formula is C114H80N4S2. The molecule has 0 atom stereocenters. The molecule has 0 saturated heterocycles. The van der Waals surface area contributed by atoms with E-state index in [1.165, 1.54) is 184 Å². The predicted octanol–water partition coefficient (Wildman–Crippen LogP) is 32.5. The van der Waals surface area contributed by atoms with Gasteiger partial charge >= 0.3 is 0 Å². The van der Waals surface area contributed by atoms with Gasteiger partial charge in [0, 0.05) is 108 Å². The van der Waals surface area contributed by atoms with Crippen LogP contribution in [0.4, 0.5) is 34.1 Å². The molecule has 0 amide bonds. The minimum absolute atomic E-state index is 0.0988. The number of nitrogens with zero attached hydrogens (tertiary/aromatic N) is 4. The molecular weight excluding hydrogens is 1490 g/mol. The van der Waals surface area contributed by atoms with Crippen LogP contribution in [0.5, 0.6) is 0 Å². The number of rotatable bonds is 12. The van der Waals surface area contributed by atoms with Crippen LogP contribution in [0.25, 0.3) is 162 Å². The summed E-state index contributed by atoms with van der Waals surface area (Å²) in [5, 5.41) is 10.2. The van der Waals surface area contributed by atoms with Crippen molar-refractivity contribution in [1.82, 2.24) is 9.13 Å². The van der Waals surface area contributed by atoms with Crippen molar-refractivity contribution >= 4 is 141 Å². The fourth-order valence-corrected chi connectivity index (χ4v) is 21.9. The van der Waals surface area contributed by atoms with Crippen LogP contribution < -0.4 is 9.80 Å². The highest BCUT2D eigenvalue weighted by Crippen LogP contribution is 2.55. The summed E-state index contributed by atoms with van der Waals surface area (Å²) < 4.78 is 10.0. The van der Waals surface area contributed by atoms with Crippen LogP contribution in [0.2, 0.25) is 0 Å². The second-order valence-corrected chi connectivity index (χ2v) is 35.2. The van der Waals surface area contributed by atoms with Crippen molar-refractivity contribution in [2.45, 2.75) is 38.5 Å². The number of hydrogen-bond donors (Lipinski definition) is 0. The van der Waals surface area contributed by atoms with Crippen LogP contribution in [0.1, 0.15) is 49.9 Å². The lowest BCUT2D eigenvalue weighted by atomic mass is 9.82. The van der Waals surface area contributed by atoms with Gasteiger partial charge in [0.2, 0.25) is 0 Å². The van der Waals surface area contributed by atoms with E-state index in [4.69, 9.17) is 0 Å². The van der Waals surface area contributed by atoms with E-state index in [9.17, 15) is 0 Å². The smallest absolute Gasteiger partial charge is 0.0640 e. The summed E-state index contributed by atoms with van der Waals surface area (Å²) in [5.41, 5.74) is 34.4. The molecule has 4 aromatic heterocycles. The van der Waals surface area contributed by atoms with E-state index in [2.05, 4.69) is 459 Å². The van der Waals surface area contributed by atoms with Gasteiger partial charge in [0.1, 0.15) is 0 Å². The van der Waals surface area contributed by atoms with Crippen molar-refractivity contribution in [1.29, 1.82) is 0 Å². The number of para-hydroxylation sites is 2. The zero-order chi connectivity index (χ0) is 79.9. The number of benzene rings is 18. The summed E-state index contributed by atoms with van der Waals surface area (Å²) in [5.74, 6) is 0. The number of fused-ring (bicyclic) bond motifs is 18. The van der Waals surface area contributed by atoms with E-state index in [1.807, 2.05) is 22.7 Å². The van der Waals surface area contributed by atoms with Gasteiger partial charge in [0.25, 0.3) is 0 Å². The van der Waals surface area contributed by atoms with Crippen LogP contribution in [0.15, 0.2) is 413 Å². The molecule has 0 aliphatic heterocycles. The monoisotopic (exact) mass is 1570 g/mol. The molecule has 0 unspecified atom stereocenters. The molecule has 0 saturated carbocycles. The third-order valence-electron chi connectivity index (χ3n) is 25.6. The van der Waals surface area contributed by atoms with E-state index in [1.54, 1.807) is 0 Å². The Morgan fingerprint density at radius 3 is 1.08 bits per heavy atom. The zero-order valence-electron chi connectivity index (χ0n) is 66.9. The van der Waals surface area contributed by atoms with Gasteiger partial charge in [0.15, 0.2) is 0 Å². The van der Waals surface area contributed by atoms with Gasteiger partial charge in [0.05, 0.1) is 32.5 Å². The SMILES string of the molecule is CC1(C)c2ccccc2-c2ccc(N(c3ccc(-c4ccc5c(c4)c4ccccc4n5-c4ccc(-c5ccccc5)cc4)cc3)c3ccc4sc5ccccc5c4c3)cc21.CC1(C)c2ccccc2-c2ccc(N(c3ccc(-c4ccc5c(c4)c4ccccc4n5-c4ccc(-c5ccccc5)cc4)cc3)c3cccc4c3sc3ccccc34)cc21. The summed E-state index contributed by atoms with van der Waals surface area (Å²) in [6.07, 6.45) is 0. The molecule has 0 N–H and O–H groups in total. The third-order valence-corrected chi connectivity index (χ3v) is 28.0. The van der Waals surface area contributed by atoms with Gasteiger partial charge in [-0.25, -0.2) is 0 Å². The van der Waals surface area contributed by atoms with Crippen LogP contribution >= 0.6 is 22.7 Å². The largest absolute Gasteiger partial charge is 0.310 e. The highest BCUT2D eigenvalue weighted by Gasteiger charge is 2.38. The van der Waals surface area contributed by atoms with Gasteiger partial charge < -0.3 is 18.9 Å². The summed E-state index contributed by atoms with van der Waals surface area (Å²) in [6, 6.07) is 152. The summed E-state index contributed by atoms with van der Waals surface area (Å²) in [4.78, 5) is 4.91. The molecule has 2 aliphatic rings. The molecule has 4 heterocycles. The van der Waals surface area contributed by atoms with Crippen LogP contribution in [-0.4, -0.2) is 9.13 Å². The Hall–Kier alpha value is -14.4. The molecule has 24 rings (SSSR count). The molecule has 0 radical (unpaired) electrons. The molecule has 18 aromatic carbocycles. The molecule has 0 spiro atoms. The number of aromatic nitrogens is 2. The summed E-state index contributed by atoms with van der Waals surface area (Å²) in [6.45, 7) is 9.45. The van der Waals surface area contributed by atoms with Gasteiger partial charge in [-0.1, -0.05) is 295 Å². The Balaban J connectivity index is 0.000000140. The minimum atomic E-state index is -0.103. The quantitative estimate of drug-likeness (QED) is 0.121. The maximum Gasteiger partial charge on any atom is 0.0640 e. The maximum absolute atomic E-state index is 2.47. The standard InChI is InChI=1S/2C57H40N2S/c1-57(2)50-19-9-6-15-44(50)45-33-32-43(36-51(45)57)58(54-21-12-18-48-47-17-8-11-22-55(47)60-56(48)54)41-28-25-39(26-29-41)40-27-34-53-49(35-40)46-16-7-10-20-52(46)59(53)42-30-23-38(24-31-42)37-13-4-3-5-14-37;1-57(2)51-17-9-6-14-45(51)46-31-29-44(36-52(46)57)58(43-30-33-56-50(35-43)48-16-8-11-19-55(48)60-56)41-25-22-39(23-26-41)40-24-32-54-49(34-40)47-15-7-10-18-53(47)59(54)42-27-20-38(21-28-42)37-12-4-3-5-13-37/h2*3-36H,1-2H3. The molecule has 6 heteroatoms. The number of thiophene rings is 2. The first-order valence-corrected chi connectivity index (χ1v) is 43.1. The van der Waals surface area contributed by atoms with Crippen molar-refractivity contribution in [2.75, 3.05) is 9.80 Å². The Kier molecular flexibility index (Phi) is 16.7. The lowest BCUT2D eigenvalue weighted by Gasteiger charge is -2.28. The Morgan fingerprint density at radius 2 is 0.558 bits per heavy atom. The van der Waals surface area contributed by atoms with Crippen LogP contribution in [-0.2, 0) is 10.8 Å². The average Bonchev–Trinajstić information content (AvgIpc) is 1.57. The second-order valence-electron chi connectivity index (χ2n) is 33.1. The molecule has 4 nitrogen and oxygen atoms in total. The Bertz CT molecular complexity index is 7800. The molecule has 568 valence electrons. The van der Waals surface area contributed by atoms with Crippen molar-refractivity contribution < 1.29 is 0 Å². The Labute approximate surface area is 705 Å². The lowest BCUT2D eigenvalue weighted by Crippen LogP contribution is -2.16. The van der Waals surface area contributed by atoms with Crippen LogP contribution in [0.3, 0.4) is 0 Å². The average molecular weight is 1570 g/mol. The zero-order valence-corrected chi connectivity index (χ0v) is 68.5. The van der Waals surface area contributed by atoms with Gasteiger partial charge in [-0.2, -0.15) is 0 Å². The maximum atomic E-state index is 2.47. The number of anilines is 6. The summed E-state index contributed by atoms with van der Waals surface area (Å²) >= 11 is 3.74. The van der Waals surface area contributed by atoms with Crippen molar-refractivity contribution in [2.24, 2.45) is 0 Å². The molecule has 0 fully saturated rings. The second kappa shape index (κ2) is 28.2. The molecule has 2 aliphatic carbocycles. The van der Waals surface area contributed by atoms with Gasteiger partial charge in [-0.05, 0) is 235 Å². The highest BCUT2D eigenvalue weighted by molar-refractivity contribution is 7.26. The first-order chi connectivity index (χ1) is 59.0. The van der Waals surface area contributed by atoms with E-state index < -0.39 is 0 Å². The fraction of sp³-hybridized carbons (Fsp3) is 0.0526.